The van der Waals surface area contributed by atoms with Gasteiger partial charge in [0.05, 0.1) is 19.3 Å². The lowest BCUT2D eigenvalue weighted by molar-refractivity contribution is 0.0205. The average Bonchev–Trinajstić information content (AvgIpc) is 3.23. The molecule has 1 aliphatic carbocycles. The van der Waals surface area contributed by atoms with E-state index in [0.29, 0.717) is 30.7 Å². The number of carbonyl (C=O) groups excluding carboxylic acids is 1. The molecule has 7 nitrogen and oxygen atoms in total. The standard InChI is InChI=1S/C18H20N4O3S/c23-16(20-17-22-21-15(26-17)11-5-6-11)19-13-9-18(7-8-24-10-18)25-14-4-2-1-3-12(13)14/h1-4,11,13H,5-10H2,(H2,19,20,22,23). The summed E-state index contributed by atoms with van der Waals surface area (Å²) in [4.78, 5) is 12.5. The molecule has 1 aromatic heterocycles. The van der Waals surface area contributed by atoms with Crippen LogP contribution in [0.4, 0.5) is 9.93 Å². The lowest BCUT2D eigenvalue weighted by atomic mass is 9.86. The van der Waals surface area contributed by atoms with Crippen LogP contribution < -0.4 is 15.4 Å². The first-order valence-corrected chi connectivity index (χ1v) is 9.79. The Balaban J connectivity index is 1.32. The van der Waals surface area contributed by atoms with Crippen LogP contribution in [0, 0.1) is 0 Å². The van der Waals surface area contributed by atoms with Crippen LogP contribution in [-0.2, 0) is 4.74 Å². The lowest BCUT2D eigenvalue weighted by Gasteiger charge is -2.39. The van der Waals surface area contributed by atoms with Crippen molar-refractivity contribution in [2.75, 3.05) is 18.5 Å². The van der Waals surface area contributed by atoms with Gasteiger partial charge in [0.15, 0.2) is 0 Å². The van der Waals surface area contributed by atoms with Crippen molar-refractivity contribution >= 4 is 22.5 Å². The maximum absolute atomic E-state index is 12.5. The molecule has 3 aliphatic rings. The molecule has 1 saturated carbocycles. The Bertz CT molecular complexity index is 829. The van der Waals surface area contributed by atoms with Crippen LogP contribution in [0.15, 0.2) is 24.3 Å². The van der Waals surface area contributed by atoms with Crippen LogP contribution in [-0.4, -0.2) is 35.0 Å². The molecular formula is C18H20N4O3S. The number of hydrogen-bond donors (Lipinski definition) is 2. The number of nitrogens with one attached hydrogen (secondary N) is 2. The Kier molecular flexibility index (Phi) is 3.82. The van der Waals surface area contributed by atoms with Crippen LogP contribution in [0.25, 0.3) is 0 Å². The fraction of sp³-hybridized carbons (Fsp3) is 0.500. The van der Waals surface area contributed by atoms with Crippen molar-refractivity contribution in [3.05, 3.63) is 34.8 Å². The van der Waals surface area contributed by atoms with E-state index >= 15 is 0 Å². The molecule has 26 heavy (non-hydrogen) atoms. The number of rotatable bonds is 3. The second-order valence-electron chi connectivity index (χ2n) is 7.20. The van der Waals surface area contributed by atoms with E-state index in [2.05, 4.69) is 20.8 Å². The third kappa shape index (κ3) is 3.03. The van der Waals surface area contributed by atoms with Crippen molar-refractivity contribution in [2.45, 2.75) is 43.2 Å². The van der Waals surface area contributed by atoms with Crippen molar-refractivity contribution in [1.82, 2.24) is 15.5 Å². The minimum Gasteiger partial charge on any atom is -0.484 e. The highest BCUT2D eigenvalue weighted by Gasteiger charge is 2.44. The van der Waals surface area contributed by atoms with Crippen molar-refractivity contribution < 1.29 is 14.3 Å². The van der Waals surface area contributed by atoms with Gasteiger partial charge in [-0.1, -0.05) is 29.5 Å². The summed E-state index contributed by atoms with van der Waals surface area (Å²) < 4.78 is 11.8. The predicted octanol–water partition coefficient (Wildman–Crippen LogP) is 3.22. The largest absolute Gasteiger partial charge is 0.484 e. The van der Waals surface area contributed by atoms with Gasteiger partial charge in [0, 0.05) is 24.3 Å². The number of fused-ring (bicyclic) bond motifs is 1. The number of hydrogen-bond acceptors (Lipinski definition) is 6. The van der Waals surface area contributed by atoms with Crippen molar-refractivity contribution in [3.8, 4) is 5.75 Å². The number of anilines is 1. The molecule has 0 radical (unpaired) electrons. The summed E-state index contributed by atoms with van der Waals surface area (Å²) in [5.74, 6) is 1.36. The number of urea groups is 1. The number of nitrogens with zero attached hydrogens (tertiary/aromatic N) is 2. The second-order valence-corrected chi connectivity index (χ2v) is 8.21. The minimum absolute atomic E-state index is 0.127. The van der Waals surface area contributed by atoms with E-state index in [0.717, 1.165) is 22.7 Å². The molecule has 1 spiro atoms. The summed E-state index contributed by atoms with van der Waals surface area (Å²) in [5, 5.41) is 15.7. The zero-order chi connectivity index (χ0) is 17.6. The van der Waals surface area contributed by atoms with Gasteiger partial charge in [-0.2, -0.15) is 0 Å². The van der Waals surface area contributed by atoms with E-state index in [4.69, 9.17) is 9.47 Å². The zero-order valence-electron chi connectivity index (χ0n) is 14.2. The predicted molar refractivity (Wildman–Crippen MR) is 96.6 cm³/mol. The van der Waals surface area contributed by atoms with Crippen molar-refractivity contribution in [2.24, 2.45) is 0 Å². The molecule has 2 N–H and O–H groups in total. The molecule has 136 valence electrons. The van der Waals surface area contributed by atoms with Gasteiger partial charge in [0.2, 0.25) is 5.13 Å². The first-order valence-electron chi connectivity index (χ1n) is 8.97. The number of para-hydroxylation sites is 1. The molecule has 1 saturated heterocycles. The summed E-state index contributed by atoms with van der Waals surface area (Å²) in [6.07, 6.45) is 3.87. The van der Waals surface area contributed by atoms with Gasteiger partial charge in [-0.15, -0.1) is 10.2 Å². The molecule has 5 rings (SSSR count). The van der Waals surface area contributed by atoms with Crippen LogP contribution in [0.1, 0.15) is 48.2 Å². The van der Waals surface area contributed by atoms with Gasteiger partial charge >= 0.3 is 6.03 Å². The van der Waals surface area contributed by atoms with E-state index in [1.54, 1.807) is 0 Å². The third-order valence-electron chi connectivity index (χ3n) is 5.16. The minimum atomic E-state index is -0.353. The average molecular weight is 372 g/mol. The highest BCUT2D eigenvalue weighted by atomic mass is 32.1. The Morgan fingerprint density at radius 1 is 1.27 bits per heavy atom. The molecule has 1 aromatic carbocycles. The van der Waals surface area contributed by atoms with E-state index in [-0.39, 0.29) is 17.7 Å². The first-order chi connectivity index (χ1) is 12.7. The van der Waals surface area contributed by atoms with Gasteiger partial charge in [-0.05, 0) is 18.9 Å². The van der Waals surface area contributed by atoms with Gasteiger partial charge in [-0.25, -0.2) is 4.79 Å². The highest BCUT2D eigenvalue weighted by Crippen LogP contribution is 2.43. The monoisotopic (exact) mass is 372 g/mol. The van der Waals surface area contributed by atoms with Gasteiger partial charge < -0.3 is 14.8 Å². The molecule has 0 bridgehead atoms. The molecule has 2 atom stereocenters. The zero-order valence-corrected chi connectivity index (χ0v) is 15.1. The smallest absolute Gasteiger partial charge is 0.321 e. The number of amides is 2. The molecule has 2 unspecified atom stereocenters. The van der Waals surface area contributed by atoms with E-state index in [1.807, 2.05) is 24.3 Å². The molecule has 2 amide bonds. The van der Waals surface area contributed by atoms with E-state index < -0.39 is 0 Å². The van der Waals surface area contributed by atoms with Crippen molar-refractivity contribution in [1.29, 1.82) is 0 Å². The summed E-state index contributed by atoms with van der Waals surface area (Å²) in [7, 11) is 0. The number of carbonyl (C=O) groups is 1. The quantitative estimate of drug-likeness (QED) is 0.864. The molecule has 2 aliphatic heterocycles. The number of aromatic nitrogens is 2. The van der Waals surface area contributed by atoms with Gasteiger partial charge in [0.1, 0.15) is 16.4 Å². The van der Waals surface area contributed by atoms with Crippen LogP contribution in [0.2, 0.25) is 0 Å². The van der Waals surface area contributed by atoms with Gasteiger partial charge in [0.25, 0.3) is 0 Å². The Morgan fingerprint density at radius 3 is 2.96 bits per heavy atom. The molecule has 2 fully saturated rings. The number of benzene rings is 1. The molecule has 8 heteroatoms. The maximum atomic E-state index is 12.5. The summed E-state index contributed by atoms with van der Waals surface area (Å²) in [6.45, 7) is 1.25. The third-order valence-corrected chi connectivity index (χ3v) is 6.16. The molecule has 3 heterocycles. The Labute approximate surface area is 155 Å². The van der Waals surface area contributed by atoms with Crippen LogP contribution in [0.3, 0.4) is 0 Å². The first kappa shape index (κ1) is 16.0. The molecule has 2 aromatic rings. The maximum Gasteiger partial charge on any atom is 0.321 e. The second kappa shape index (κ2) is 6.21. The lowest BCUT2D eigenvalue weighted by Crippen LogP contribution is -2.46. The van der Waals surface area contributed by atoms with Crippen molar-refractivity contribution in [3.63, 3.8) is 0 Å². The SMILES string of the molecule is O=C(Nc1nnc(C2CC2)s1)NC1CC2(CCOC2)Oc2ccccc21. The van der Waals surface area contributed by atoms with Crippen LogP contribution >= 0.6 is 11.3 Å². The fourth-order valence-electron chi connectivity index (χ4n) is 3.65. The number of ether oxygens (including phenoxy) is 2. The fourth-order valence-corrected chi connectivity index (χ4v) is 4.56. The normalized spacial score (nSPS) is 27.0. The molecular weight excluding hydrogens is 352 g/mol. The highest BCUT2D eigenvalue weighted by molar-refractivity contribution is 7.15. The topological polar surface area (TPSA) is 85.4 Å². The summed E-state index contributed by atoms with van der Waals surface area (Å²) >= 11 is 1.46. The van der Waals surface area contributed by atoms with E-state index in [1.165, 1.54) is 24.2 Å². The van der Waals surface area contributed by atoms with E-state index in [9.17, 15) is 4.79 Å². The van der Waals surface area contributed by atoms with Gasteiger partial charge in [-0.3, -0.25) is 5.32 Å². The van der Waals surface area contributed by atoms with Crippen LogP contribution in [0.5, 0.6) is 5.75 Å². The summed E-state index contributed by atoms with van der Waals surface area (Å²) in [5.41, 5.74) is 0.643. The summed E-state index contributed by atoms with van der Waals surface area (Å²) in [6, 6.07) is 7.47. The Hall–Kier alpha value is -2.19. The Morgan fingerprint density at radius 2 is 2.15 bits per heavy atom.